The number of nitrogens with zero attached hydrogens (tertiary/aromatic N) is 2. The minimum absolute atomic E-state index is 0.0792. The largest absolute Gasteiger partial charge is 0.326 e. The van der Waals surface area contributed by atoms with E-state index in [1.54, 1.807) is 19.9 Å². The highest BCUT2D eigenvalue weighted by atomic mass is 32.2. The quantitative estimate of drug-likeness (QED) is 0.575. The average molecular weight is 432 g/mol. The molecular formula is C21H25N3O5S. The summed E-state index contributed by atoms with van der Waals surface area (Å²) < 4.78 is 28.0. The van der Waals surface area contributed by atoms with Crippen molar-refractivity contribution in [2.45, 2.75) is 38.5 Å². The van der Waals surface area contributed by atoms with E-state index in [-0.39, 0.29) is 18.1 Å². The van der Waals surface area contributed by atoms with E-state index in [1.807, 2.05) is 19.1 Å². The van der Waals surface area contributed by atoms with Crippen LogP contribution in [-0.2, 0) is 14.8 Å². The Morgan fingerprint density at radius 1 is 1.17 bits per heavy atom. The van der Waals surface area contributed by atoms with Gasteiger partial charge >= 0.3 is 0 Å². The number of nitro groups is 1. The molecule has 2 aromatic carbocycles. The molecule has 0 aliphatic carbocycles. The Morgan fingerprint density at radius 2 is 1.83 bits per heavy atom. The number of hydrogen-bond donors (Lipinski definition) is 1. The number of benzene rings is 2. The Hall–Kier alpha value is -2.78. The second-order valence-electron chi connectivity index (χ2n) is 7.73. The Bertz CT molecular complexity index is 1070. The maximum absolute atomic E-state index is 13.3. The summed E-state index contributed by atoms with van der Waals surface area (Å²) >= 11 is 0. The third-order valence-electron chi connectivity index (χ3n) is 5.28. The summed E-state index contributed by atoms with van der Waals surface area (Å²) in [6, 6.07) is 9.38. The molecule has 1 heterocycles. The van der Waals surface area contributed by atoms with Crippen LogP contribution < -0.4 is 5.32 Å². The van der Waals surface area contributed by atoms with E-state index in [2.05, 4.69) is 5.32 Å². The van der Waals surface area contributed by atoms with Gasteiger partial charge in [-0.15, -0.1) is 0 Å². The lowest BCUT2D eigenvalue weighted by molar-refractivity contribution is -0.384. The van der Waals surface area contributed by atoms with Crippen LogP contribution in [-0.4, -0.2) is 36.6 Å². The van der Waals surface area contributed by atoms with Crippen molar-refractivity contribution in [3.8, 4) is 0 Å². The van der Waals surface area contributed by atoms with Crippen molar-refractivity contribution in [1.82, 2.24) is 4.31 Å². The smallest absolute Gasteiger partial charge is 0.271 e. The number of piperidine rings is 1. The molecule has 30 heavy (non-hydrogen) atoms. The Balaban J connectivity index is 1.79. The zero-order valence-electron chi connectivity index (χ0n) is 17.2. The first-order valence-corrected chi connectivity index (χ1v) is 11.2. The van der Waals surface area contributed by atoms with Crippen molar-refractivity contribution in [3.05, 3.63) is 63.2 Å². The number of nitrogens with one attached hydrogen (secondary N) is 1. The zero-order valence-corrected chi connectivity index (χ0v) is 18.0. The molecule has 1 N–H and O–H groups in total. The topological polar surface area (TPSA) is 110 Å². The predicted molar refractivity (Wildman–Crippen MR) is 114 cm³/mol. The van der Waals surface area contributed by atoms with Gasteiger partial charge in [-0.2, -0.15) is 4.31 Å². The molecule has 1 fully saturated rings. The molecule has 9 heteroatoms. The highest BCUT2D eigenvalue weighted by Crippen LogP contribution is 2.29. The molecule has 0 aromatic heterocycles. The molecule has 0 bridgehead atoms. The molecule has 1 aliphatic rings. The first kappa shape index (κ1) is 21.9. The van der Waals surface area contributed by atoms with Gasteiger partial charge in [0.15, 0.2) is 0 Å². The zero-order chi connectivity index (χ0) is 22.1. The van der Waals surface area contributed by atoms with Crippen LogP contribution in [0.2, 0.25) is 0 Å². The minimum atomic E-state index is -3.73. The van der Waals surface area contributed by atoms with E-state index < -0.39 is 20.9 Å². The molecule has 160 valence electrons. The molecule has 2 aromatic rings. The number of carbonyl (C=O) groups excluding carboxylic acids is 1. The lowest BCUT2D eigenvalue weighted by Gasteiger charge is -2.32. The number of sulfonamides is 1. The lowest BCUT2D eigenvalue weighted by Crippen LogP contribution is -2.44. The van der Waals surface area contributed by atoms with Gasteiger partial charge in [-0.3, -0.25) is 14.9 Å². The Labute approximate surface area is 176 Å². The van der Waals surface area contributed by atoms with E-state index in [0.717, 1.165) is 5.56 Å². The number of carbonyl (C=O) groups is 1. The molecule has 1 amide bonds. The van der Waals surface area contributed by atoms with Gasteiger partial charge in [-0.1, -0.05) is 23.8 Å². The minimum Gasteiger partial charge on any atom is -0.326 e. The predicted octanol–water partition coefficient (Wildman–Crippen LogP) is 3.56. The van der Waals surface area contributed by atoms with E-state index >= 15 is 0 Å². The van der Waals surface area contributed by atoms with Crippen molar-refractivity contribution >= 4 is 27.3 Å². The Kier molecular flexibility index (Phi) is 6.23. The van der Waals surface area contributed by atoms with E-state index in [9.17, 15) is 23.3 Å². The van der Waals surface area contributed by atoms with Crippen LogP contribution in [0, 0.1) is 36.8 Å². The highest BCUT2D eigenvalue weighted by molar-refractivity contribution is 7.89. The van der Waals surface area contributed by atoms with Crippen molar-refractivity contribution in [2.75, 3.05) is 18.4 Å². The third kappa shape index (κ3) is 4.52. The molecule has 0 spiro atoms. The lowest BCUT2D eigenvalue weighted by atomic mass is 9.98. The fourth-order valence-corrected chi connectivity index (χ4v) is 5.95. The first-order valence-electron chi connectivity index (χ1n) is 9.73. The van der Waals surface area contributed by atoms with E-state index in [1.165, 1.54) is 22.5 Å². The molecule has 1 atom stereocenters. The molecule has 1 aliphatic heterocycles. The van der Waals surface area contributed by atoms with Gasteiger partial charge in [0.2, 0.25) is 15.9 Å². The molecule has 1 saturated heterocycles. The number of nitro benzene ring substituents is 1. The summed E-state index contributed by atoms with van der Waals surface area (Å²) in [6.45, 7) is 5.92. The van der Waals surface area contributed by atoms with Gasteiger partial charge < -0.3 is 5.32 Å². The summed E-state index contributed by atoms with van der Waals surface area (Å²) in [7, 11) is -3.73. The van der Waals surface area contributed by atoms with Crippen molar-refractivity contribution < 1.29 is 18.1 Å². The number of aryl methyl sites for hydroxylation is 3. The van der Waals surface area contributed by atoms with Gasteiger partial charge in [0.05, 0.1) is 15.7 Å². The second kappa shape index (κ2) is 8.53. The molecule has 3 rings (SSSR count). The summed E-state index contributed by atoms with van der Waals surface area (Å²) in [5.74, 6) is -0.869. The molecule has 0 radical (unpaired) electrons. The van der Waals surface area contributed by atoms with Gasteiger partial charge in [-0.25, -0.2) is 8.42 Å². The molecule has 0 saturated carbocycles. The van der Waals surface area contributed by atoms with Gasteiger partial charge in [0.1, 0.15) is 0 Å². The van der Waals surface area contributed by atoms with Gasteiger partial charge in [-0.05, 0) is 50.8 Å². The van der Waals surface area contributed by atoms with Crippen molar-refractivity contribution in [1.29, 1.82) is 0 Å². The molecule has 8 nitrogen and oxygen atoms in total. The third-order valence-corrected chi connectivity index (χ3v) is 7.45. The van der Waals surface area contributed by atoms with Gasteiger partial charge in [0.25, 0.3) is 5.69 Å². The molecular weight excluding hydrogens is 406 g/mol. The maximum atomic E-state index is 13.3. The normalized spacial score (nSPS) is 17.5. The number of hydrogen-bond acceptors (Lipinski definition) is 5. The van der Waals surface area contributed by atoms with Crippen molar-refractivity contribution in [2.24, 2.45) is 5.92 Å². The number of anilines is 1. The SMILES string of the molecule is Cc1cc(C)c(S(=O)(=O)N2CCC[C@@H](C(=O)Nc3cccc([N+](=O)[O-])c3)C2)c(C)c1. The summed E-state index contributed by atoms with van der Waals surface area (Å²) in [6.07, 6.45) is 1.12. The monoisotopic (exact) mass is 431 g/mol. The fraction of sp³-hybridized carbons (Fsp3) is 0.381. The summed E-state index contributed by atoms with van der Waals surface area (Å²) in [4.78, 5) is 23.4. The highest BCUT2D eigenvalue weighted by Gasteiger charge is 2.35. The van der Waals surface area contributed by atoms with Gasteiger partial charge in [0, 0.05) is 30.9 Å². The van der Waals surface area contributed by atoms with Crippen molar-refractivity contribution in [3.63, 3.8) is 0 Å². The van der Waals surface area contributed by atoms with Crippen LogP contribution in [0.5, 0.6) is 0 Å². The van der Waals surface area contributed by atoms with Crippen LogP contribution in [0.3, 0.4) is 0 Å². The van der Waals surface area contributed by atoms with E-state index in [0.29, 0.717) is 41.1 Å². The number of non-ortho nitro benzene ring substituents is 1. The summed E-state index contributed by atoms with van der Waals surface area (Å²) in [5, 5.41) is 13.6. The maximum Gasteiger partial charge on any atom is 0.271 e. The van der Waals surface area contributed by atoms with Crippen LogP contribution in [0.15, 0.2) is 41.3 Å². The number of rotatable bonds is 5. The Morgan fingerprint density at radius 3 is 2.47 bits per heavy atom. The van der Waals surface area contributed by atoms with E-state index in [4.69, 9.17) is 0 Å². The average Bonchev–Trinajstić information content (AvgIpc) is 2.67. The molecule has 0 unspecified atom stereocenters. The summed E-state index contributed by atoms with van der Waals surface area (Å²) in [5.41, 5.74) is 2.58. The number of amides is 1. The van der Waals surface area contributed by atoms with Crippen LogP contribution in [0.1, 0.15) is 29.5 Å². The second-order valence-corrected chi connectivity index (χ2v) is 9.60. The fourth-order valence-electron chi connectivity index (χ4n) is 4.02. The van der Waals surface area contributed by atoms with Crippen LogP contribution in [0.25, 0.3) is 0 Å². The van der Waals surface area contributed by atoms with Crippen LogP contribution >= 0.6 is 0 Å². The standard InChI is InChI=1S/C21H25N3O5S/c1-14-10-15(2)20(16(3)11-14)30(28,29)23-9-5-6-17(13-23)21(25)22-18-7-4-8-19(12-18)24(26)27/h4,7-8,10-12,17H,5-6,9,13H2,1-3H3,(H,22,25)/t17-/m1/s1. The van der Waals surface area contributed by atoms with Crippen LogP contribution in [0.4, 0.5) is 11.4 Å². The first-order chi connectivity index (χ1) is 14.1.